The van der Waals surface area contributed by atoms with E-state index < -0.39 is 10.0 Å². The predicted molar refractivity (Wildman–Crippen MR) is 75.2 cm³/mol. The number of primary sulfonamides is 1. The van der Waals surface area contributed by atoms with Gasteiger partial charge in [0.15, 0.2) is 0 Å². The maximum absolute atomic E-state index is 10.8. The Labute approximate surface area is 112 Å². The summed E-state index contributed by atoms with van der Waals surface area (Å²) >= 11 is 0. The van der Waals surface area contributed by atoms with E-state index in [2.05, 4.69) is 5.32 Å². The molecule has 0 fully saturated rings. The minimum Gasteiger partial charge on any atom is -0.459 e. The zero-order valence-corrected chi connectivity index (χ0v) is 11.6. The van der Waals surface area contributed by atoms with E-state index in [1.807, 2.05) is 37.3 Å². The van der Waals surface area contributed by atoms with Crippen LogP contribution in [0.4, 0.5) is 0 Å². The van der Waals surface area contributed by atoms with Crippen molar-refractivity contribution in [3.63, 3.8) is 0 Å². The number of nitrogens with one attached hydrogen (secondary N) is 1. The summed E-state index contributed by atoms with van der Waals surface area (Å²) in [5.74, 6) is 0.837. The summed E-state index contributed by atoms with van der Waals surface area (Å²) in [6.45, 7) is 2.56. The van der Waals surface area contributed by atoms with Gasteiger partial charge in [0.25, 0.3) is 0 Å². The Kier molecular flexibility index (Phi) is 4.24. The highest BCUT2D eigenvalue weighted by Crippen LogP contribution is 2.23. The van der Waals surface area contributed by atoms with Gasteiger partial charge in [-0.2, -0.15) is 0 Å². The standard InChI is InChI=1S/C13H18N2O3S/c1-10(15-7-4-8-19(14,16)17)13-9-11-5-2-3-6-12(11)18-13/h2-3,5-6,9-10,15H,4,7-8H2,1H3,(H2,14,16,17). The Morgan fingerprint density at radius 2 is 2.11 bits per heavy atom. The first-order valence-corrected chi connectivity index (χ1v) is 7.89. The van der Waals surface area contributed by atoms with Crippen molar-refractivity contribution >= 4 is 21.0 Å². The lowest BCUT2D eigenvalue weighted by atomic mass is 10.2. The van der Waals surface area contributed by atoms with Crippen molar-refractivity contribution in [3.05, 3.63) is 36.1 Å². The summed E-state index contributed by atoms with van der Waals surface area (Å²) < 4.78 is 27.3. The van der Waals surface area contributed by atoms with Crippen molar-refractivity contribution in [3.8, 4) is 0 Å². The monoisotopic (exact) mass is 282 g/mol. The predicted octanol–water partition coefficient (Wildman–Crippen LogP) is 1.76. The summed E-state index contributed by atoms with van der Waals surface area (Å²) in [6.07, 6.45) is 0.489. The van der Waals surface area contributed by atoms with Gasteiger partial charge in [0.05, 0.1) is 11.8 Å². The molecule has 0 radical (unpaired) electrons. The molecule has 19 heavy (non-hydrogen) atoms. The van der Waals surface area contributed by atoms with E-state index in [9.17, 15) is 8.42 Å². The highest BCUT2D eigenvalue weighted by atomic mass is 32.2. The zero-order valence-electron chi connectivity index (χ0n) is 10.8. The third-order valence-corrected chi connectivity index (χ3v) is 3.79. The number of sulfonamides is 1. The molecule has 1 atom stereocenters. The Morgan fingerprint density at radius 1 is 1.37 bits per heavy atom. The number of hydrogen-bond acceptors (Lipinski definition) is 4. The van der Waals surface area contributed by atoms with Crippen LogP contribution < -0.4 is 10.5 Å². The van der Waals surface area contributed by atoms with Gasteiger partial charge in [-0.1, -0.05) is 18.2 Å². The second-order valence-electron chi connectivity index (χ2n) is 4.58. The van der Waals surface area contributed by atoms with Crippen LogP contribution in [0.5, 0.6) is 0 Å². The number of rotatable bonds is 6. The fourth-order valence-corrected chi connectivity index (χ4v) is 2.46. The number of hydrogen-bond donors (Lipinski definition) is 2. The SMILES string of the molecule is CC(NCCCS(N)(=O)=O)c1cc2ccccc2o1. The molecule has 0 aliphatic carbocycles. The van der Waals surface area contributed by atoms with E-state index in [1.165, 1.54) is 0 Å². The van der Waals surface area contributed by atoms with Crippen molar-refractivity contribution in [1.29, 1.82) is 0 Å². The van der Waals surface area contributed by atoms with Gasteiger partial charge in [-0.3, -0.25) is 0 Å². The molecular formula is C13H18N2O3S. The topological polar surface area (TPSA) is 85.3 Å². The molecule has 0 aliphatic heterocycles. The first-order valence-electron chi connectivity index (χ1n) is 6.18. The minimum absolute atomic E-state index is 0.00709. The molecule has 0 bridgehead atoms. The molecule has 6 heteroatoms. The van der Waals surface area contributed by atoms with Crippen LogP contribution in [0.1, 0.15) is 25.1 Å². The number of para-hydroxylation sites is 1. The van der Waals surface area contributed by atoms with E-state index in [-0.39, 0.29) is 11.8 Å². The Bertz CT molecular complexity index is 616. The van der Waals surface area contributed by atoms with E-state index >= 15 is 0 Å². The third kappa shape index (κ3) is 4.05. The van der Waals surface area contributed by atoms with Crippen molar-refractivity contribution < 1.29 is 12.8 Å². The van der Waals surface area contributed by atoms with Crippen LogP contribution in [0.3, 0.4) is 0 Å². The molecular weight excluding hydrogens is 264 g/mol. The van der Waals surface area contributed by atoms with E-state index in [4.69, 9.17) is 9.56 Å². The first-order chi connectivity index (χ1) is 8.96. The summed E-state index contributed by atoms with van der Waals surface area (Å²) in [5, 5.41) is 9.22. The van der Waals surface area contributed by atoms with Crippen LogP contribution in [-0.2, 0) is 10.0 Å². The molecule has 0 amide bonds. The fraction of sp³-hybridized carbons (Fsp3) is 0.385. The summed E-state index contributed by atoms with van der Waals surface area (Å²) in [5.41, 5.74) is 0.857. The number of benzene rings is 1. The molecule has 0 spiro atoms. The molecule has 1 aromatic carbocycles. The van der Waals surface area contributed by atoms with Gasteiger partial charge < -0.3 is 9.73 Å². The molecule has 1 heterocycles. The minimum atomic E-state index is -3.37. The van der Waals surface area contributed by atoms with Gasteiger partial charge in [-0.05, 0) is 32.0 Å². The molecule has 104 valence electrons. The maximum atomic E-state index is 10.8. The van der Waals surface area contributed by atoms with E-state index in [0.29, 0.717) is 13.0 Å². The smallest absolute Gasteiger partial charge is 0.209 e. The van der Waals surface area contributed by atoms with Crippen molar-refractivity contribution in [2.75, 3.05) is 12.3 Å². The highest BCUT2D eigenvalue weighted by molar-refractivity contribution is 7.89. The number of furan rings is 1. The molecule has 5 nitrogen and oxygen atoms in total. The van der Waals surface area contributed by atoms with Crippen molar-refractivity contribution in [2.45, 2.75) is 19.4 Å². The molecule has 2 aromatic rings. The van der Waals surface area contributed by atoms with Gasteiger partial charge in [-0.15, -0.1) is 0 Å². The van der Waals surface area contributed by atoms with Crippen LogP contribution in [0, 0.1) is 0 Å². The molecule has 1 aromatic heterocycles. The average Bonchev–Trinajstić information content (AvgIpc) is 2.77. The van der Waals surface area contributed by atoms with Crippen LogP contribution >= 0.6 is 0 Å². The second kappa shape index (κ2) is 5.73. The van der Waals surface area contributed by atoms with Crippen LogP contribution in [-0.4, -0.2) is 20.7 Å². The Hall–Kier alpha value is -1.37. The zero-order chi connectivity index (χ0) is 13.9. The van der Waals surface area contributed by atoms with Crippen molar-refractivity contribution in [1.82, 2.24) is 5.32 Å². The first kappa shape index (κ1) is 14.0. The second-order valence-corrected chi connectivity index (χ2v) is 6.32. The molecule has 0 saturated carbocycles. The summed E-state index contributed by atoms with van der Waals surface area (Å²) in [4.78, 5) is 0. The third-order valence-electron chi connectivity index (χ3n) is 2.93. The van der Waals surface area contributed by atoms with Crippen molar-refractivity contribution in [2.24, 2.45) is 5.14 Å². The number of nitrogens with two attached hydrogens (primary N) is 1. The summed E-state index contributed by atoms with van der Waals surface area (Å²) in [7, 11) is -3.37. The lowest BCUT2D eigenvalue weighted by Crippen LogP contribution is -2.24. The van der Waals surface area contributed by atoms with Gasteiger partial charge in [0, 0.05) is 5.39 Å². The van der Waals surface area contributed by atoms with Gasteiger partial charge in [-0.25, -0.2) is 13.6 Å². The molecule has 2 rings (SSSR count). The Morgan fingerprint density at radius 3 is 2.79 bits per heavy atom. The largest absolute Gasteiger partial charge is 0.459 e. The molecule has 3 N–H and O–H groups in total. The Balaban J connectivity index is 1.91. The molecule has 1 unspecified atom stereocenters. The van der Waals surface area contributed by atoms with Gasteiger partial charge in [0.2, 0.25) is 10.0 Å². The number of fused-ring (bicyclic) bond motifs is 1. The maximum Gasteiger partial charge on any atom is 0.209 e. The highest BCUT2D eigenvalue weighted by Gasteiger charge is 2.11. The lowest BCUT2D eigenvalue weighted by molar-refractivity contribution is 0.451. The molecule has 0 saturated heterocycles. The lowest BCUT2D eigenvalue weighted by Gasteiger charge is -2.10. The van der Waals surface area contributed by atoms with Gasteiger partial charge >= 0.3 is 0 Å². The van der Waals surface area contributed by atoms with Gasteiger partial charge in [0.1, 0.15) is 11.3 Å². The van der Waals surface area contributed by atoms with E-state index in [1.54, 1.807) is 0 Å². The van der Waals surface area contributed by atoms with E-state index in [0.717, 1.165) is 16.7 Å². The van der Waals surface area contributed by atoms with Crippen LogP contribution in [0.2, 0.25) is 0 Å². The summed E-state index contributed by atoms with van der Waals surface area (Å²) in [6, 6.07) is 9.84. The van der Waals surface area contributed by atoms with Crippen LogP contribution in [0.15, 0.2) is 34.7 Å². The normalized spacial score (nSPS) is 13.8. The average molecular weight is 282 g/mol. The molecule has 0 aliphatic rings. The fourth-order valence-electron chi connectivity index (χ4n) is 1.91. The quantitative estimate of drug-likeness (QED) is 0.791. The van der Waals surface area contributed by atoms with Crippen LogP contribution in [0.25, 0.3) is 11.0 Å².